The summed E-state index contributed by atoms with van der Waals surface area (Å²) in [7, 11) is 0. The molecule has 4 heteroatoms. The van der Waals surface area contributed by atoms with E-state index in [1.807, 2.05) is 0 Å². The van der Waals surface area contributed by atoms with E-state index >= 15 is 0 Å². The zero-order chi connectivity index (χ0) is 8.55. The maximum atomic E-state index is 10.7. The van der Waals surface area contributed by atoms with Gasteiger partial charge in [0.1, 0.15) is 0 Å². The first-order valence-electron chi connectivity index (χ1n) is 3.35. The van der Waals surface area contributed by atoms with Crippen molar-refractivity contribution in [2.75, 3.05) is 0 Å². The fourth-order valence-electron chi connectivity index (χ4n) is 1.08. The van der Waals surface area contributed by atoms with Crippen LogP contribution in [0.4, 0.5) is 0 Å². The molecule has 0 spiro atoms. The number of rotatable bonds is 1. The molecular formula is C8H5NO2S. The van der Waals surface area contributed by atoms with Gasteiger partial charge in [-0.05, 0) is 23.7 Å². The highest BCUT2D eigenvalue weighted by Crippen LogP contribution is 2.19. The van der Waals surface area contributed by atoms with Gasteiger partial charge >= 0.3 is 5.97 Å². The molecule has 0 radical (unpaired) electrons. The van der Waals surface area contributed by atoms with Gasteiger partial charge in [0.05, 0.1) is 11.1 Å². The van der Waals surface area contributed by atoms with Crippen LogP contribution in [0.1, 0.15) is 10.4 Å². The van der Waals surface area contributed by atoms with Gasteiger partial charge in [0.15, 0.2) is 0 Å². The number of hydrogen-bond acceptors (Lipinski definition) is 3. The minimum Gasteiger partial charge on any atom is -0.478 e. The Morgan fingerprint density at radius 2 is 2.33 bits per heavy atom. The average molecular weight is 179 g/mol. The predicted octanol–water partition coefficient (Wildman–Crippen LogP) is 1.99. The minimum absolute atomic E-state index is 0.321. The molecule has 60 valence electrons. The van der Waals surface area contributed by atoms with Crippen LogP contribution in [0.25, 0.3) is 10.9 Å². The molecular weight excluding hydrogens is 174 g/mol. The van der Waals surface area contributed by atoms with Crippen molar-refractivity contribution >= 4 is 28.4 Å². The van der Waals surface area contributed by atoms with Crippen molar-refractivity contribution in [1.29, 1.82) is 0 Å². The van der Waals surface area contributed by atoms with Crippen molar-refractivity contribution in [3.8, 4) is 0 Å². The largest absolute Gasteiger partial charge is 0.478 e. The molecule has 0 aliphatic rings. The van der Waals surface area contributed by atoms with Crippen LogP contribution >= 0.6 is 11.5 Å². The van der Waals surface area contributed by atoms with Crippen LogP contribution in [-0.2, 0) is 0 Å². The van der Waals surface area contributed by atoms with Crippen molar-refractivity contribution in [3.05, 3.63) is 29.1 Å². The first kappa shape index (κ1) is 7.24. The van der Waals surface area contributed by atoms with Crippen molar-refractivity contribution in [2.45, 2.75) is 0 Å². The maximum Gasteiger partial charge on any atom is 0.336 e. The van der Waals surface area contributed by atoms with Crippen LogP contribution in [0.15, 0.2) is 23.6 Å². The van der Waals surface area contributed by atoms with Gasteiger partial charge in [0.2, 0.25) is 0 Å². The summed E-state index contributed by atoms with van der Waals surface area (Å²) < 4.78 is 4.04. The second-order valence-electron chi connectivity index (χ2n) is 2.36. The van der Waals surface area contributed by atoms with Crippen LogP contribution < -0.4 is 0 Å². The summed E-state index contributed by atoms with van der Waals surface area (Å²) in [6.07, 6.45) is 0. The van der Waals surface area contributed by atoms with E-state index in [4.69, 9.17) is 5.11 Å². The zero-order valence-corrected chi connectivity index (χ0v) is 6.84. The molecule has 3 nitrogen and oxygen atoms in total. The van der Waals surface area contributed by atoms with E-state index in [9.17, 15) is 4.79 Å². The van der Waals surface area contributed by atoms with Gasteiger partial charge in [-0.1, -0.05) is 6.07 Å². The molecule has 0 unspecified atom stereocenters. The van der Waals surface area contributed by atoms with Crippen LogP contribution in [0.5, 0.6) is 0 Å². The lowest BCUT2D eigenvalue weighted by Gasteiger charge is -1.93. The molecule has 2 rings (SSSR count). The first-order chi connectivity index (χ1) is 5.79. The molecule has 0 amide bonds. The number of nitrogens with zero attached hydrogens (tertiary/aromatic N) is 1. The molecule has 0 atom stereocenters. The molecule has 1 heterocycles. The fourth-order valence-corrected chi connectivity index (χ4v) is 1.76. The average Bonchev–Trinajstić information content (AvgIpc) is 2.49. The lowest BCUT2D eigenvalue weighted by molar-refractivity contribution is 0.0699. The summed E-state index contributed by atoms with van der Waals surface area (Å²) in [6.45, 7) is 0. The van der Waals surface area contributed by atoms with E-state index < -0.39 is 5.97 Å². The third kappa shape index (κ3) is 0.967. The van der Waals surface area contributed by atoms with Gasteiger partial charge < -0.3 is 5.11 Å². The second-order valence-corrected chi connectivity index (χ2v) is 2.99. The predicted molar refractivity (Wildman–Crippen MR) is 46.6 cm³/mol. The number of aromatic carboxylic acids is 1. The highest BCUT2D eigenvalue weighted by Gasteiger charge is 2.08. The summed E-state index contributed by atoms with van der Waals surface area (Å²) in [6, 6.07) is 5.09. The molecule has 0 aliphatic carbocycles. The Morgan fingerprint density at radius 1 is 1.50 bits per heavy atom. The minimum atomic E-state index is -0.902. The lowest BCUT2D eigenvalue weighted by atomic mass is 10.1. The molecule has 0 aliphatic heterocycles. The fraction of sp³-hybridized carbons (Fsp3) is 0. The Morgan fingerprint density at radius 3 is 3.08 bits per heavy atom. The molecule has 0 saturated heterocycles. The highest BCUT2D eigenvalue weighted by molar-refractivity contribution is 7.04. The SMILES string of the molecule is O=C(O)c1cccc2nscc12. The molecule has 12 heavy (non-hydrogen) atoms. The molecule has 1 N–H and O–H groups in total. The number of aromatic nitrogens is 1. The van der Waals surface area contributed by atoms with E-state index in [0.717, 1.165) is 10.9 Å². The summed E-state index contributed by atoms with van der Waals surface area (Å²) in [5.74, 6) is -0.902. The molecule has 1 aromatic carbocycles. The van der Waals surface area contributed by atoms with Crippen molar-refractivity contribution < 1.29 is 9.90 Å². The van der Waals surface area contributed by atoms with Crippen LogP contribution in [0, 0.1) is 0 Å². The Kier molecular flexibility index (Phi) is 1.55. The Bertz CT molecular complexity index is 435. The van der Waals surface area contributed by atoms with Crippen molar-refractivity contribution in [2.24, 2.45) is 0 Å². The zero-order valence-electron chi connectivity index (χ0n) is 6.02. The number of carbonyl (C=O) groups is 1. The molecule has 2 aromatic rings. The molecule has 0 saturated carbocycles. The molecule has 0 fully saturated rings. The quantitative estimate of drug-likeness (QED) is 0.728. The maximum absolute atomic E-state index is 10.7. The summed E-state index contributed by atoms with van der Waals surface area (Å²) in [4.78, 5) is 10.7. The van der Waals surface area contributed by atoms with Gasteiger partial charge in [-0.2, -0.15) is 4.37 Å². The van der Waals surface area contributed by atoms with Gasteiger partial charge in [0, 0.05) is 10.8 Å². The van der Waals surface area contributed by atoms with Gasteiger partial charge in [-0.25, -0.2) is 4.79 Å². The Labute approximate surface area is 72.4 Å². The summed E-state index contributed by atoms with van der Waals surface area (Å²) in [5.41, 5.74) is 1.07. The topological polar surface area (TPSA) is 50.2 Å². The smallest absolute Gasteiger partial charge is 0.336 e. The summed E-state index contributed by atoms with van der Waals surface area (Å²) >= 11 is 1.27. The van der Waals surface area contributed by atoms with Gasteiger partial charge in [-0.15, -0.1) is 0 Å². The first-order valence-corrected chi connectivity index (χ1v) is 4.19. The normalized spacial score (nSPS) is 10.3. The molecule has 0 bridgehead atoms. The van der Waals surface area contributed by atoms with Crippen LogP contribution in [-0.4, -0.2) is 15.4 Å². The second kappa shape index (κ2) is 2.57. The van der Waals surface area contributed by atoms with Gasteiger partial charge in [0.25, 0.3) is 0 Å². The van der Waals surface area contributed by atoms with E-state index in [0.29, 0.717) is 5.56 Å². The Balaban J connectivity index is 2.82. The van der Waals surface area contributed by atoms with Crippen molar-refractivity contribution in [3.63, 3.8) is 0 Å². The van der Waals surface area contributed by atoms with Crippen LogP contribution in [0.3, 0.4) is 0 Å². The lowest BCUT2D eigenvalue weighted by Crippen LogP contribution is -1.95. The highest BCUT2D eigenvalue weighted by atomic mass is 32.1. The van der Waals surface area contributed by atoms with Crippen LogP contribution in [0.2, 0.25) is 0 Å². The third-order valence-electron chi connectivity index (χ3n) is 1.64. The van der Waals surface area contributed by atoms with E-state index in [1.165, 1.54) is 11.5 Å². The Hall–Kier alpha value is -1.42. The summed E-state index contributed by atoms with van der Waals surface area (Å²) in [5, 5.41) is 11.2. The number of carboxylic acid groups (broad SMARTS) is 1. The standard InChI is InChI=1S/C8H5NO2S/c10-8(11)5-2-1-3-7-6(5)4-12-9-7/h1-4H,(H,10,11). The van der Waals surface area contributed by atoms with E-state index in [2.05, 4.69) is 4.37 Å². The number of carboxylic acids is 1. The van der Waals surface area contributed by atoms with E-state index in [1.54, 1.807) is 23.6 Å². The van der Waals surface area contributed by atoms with Gasteiger partial charge in [-0.3, -0.25) is 0 Å². The number of benzene rings is 1. The number of fused-ring (bicyclic) bond motifs is 1. The monoisotopic (exact) mass is 179 g/mol. The number of hydrogen-bond donors (Lipinski definition) is 1. The van der Waals surface area contributed by atoms with E-state index in [-0.39, 0.29) is 0 Å². The van der Waals surface area contributed by atoms with Crippen molar-refractivity contribution in [1.82, 2.24) is 4.37 Å². The molecule has 1 aromatic heterocycles. The third-order valence-corrected chi connectivity index (χ3v) is 2.28.